The number of aromatic nitrogens is 2. The van der Waals surface area contributed by atoms with Crippen LogP contribution in [0.15, 0.2) is 60.7 Å². The zero-order valence-corrected chi connectivity index (χ0v) is 17.6. The summed E-state index contributed by atoms with van der Waals surface area (Å²) in [6.45, 7) is 2.80. The number of hydrogen-bond acceptors (Lipinski definition) is 4. The Kier molecular flexibility index (Phi) is 5.26. The second-order valence-corrected chi connectivity index (χ2v) is 7.56. The average Bonchev–Trinajstić information content (AvgIpc) is 3.18. The van der Waals surface area contributed by atoms with Crippen LogP contribution < -0.4 is 14.8 Å². The van der Waals surface area contributed by atoms with E-state index in [9.17, 15) is 13.6 Å². The molecule has 3 aromatic carbocycles. The van der Waals surface area contributed by atoms with E-state index in [1.165, 1.54) is 24.3 Å². The number of rotatable bonds is 4. The molecule has 1 aliphatic heterocycles. The Bertz CT molecular complexity index is 1350. The molecule has 0 fully saturated rings. The molecule has 4 aromatic rings. The predicted octanol–water partition coefficient (Wildman–Crippen LogP) is 5.35. The van der Waals surface area contributed by atoms with Crippen LogP contribution >= 0.6 is 0 Å². The minimum atomic E-state index is -0.698. The molecule has 8 heteroatoms. The zero-order chi connectivity index (χ0) is 22.9. The molecule has 1 amide bonds. The van der Waals surface area contributed by atoms with E-state index in [0.29, 0.717) is 36.1 Å². The summed E-state index contributed by atoms with van der Waals surface area (Å²) in [6, 6.07) is 15.3. The van der Waals surface area contributed by atoms with Gasteiger partial charge in [-0.2, -0.15) is 5.10 Å². The van der Waals surface area contributed by atoms with Gasteiger partial charge in [0.1, 0.15) is 24.8 Å². The van der Waals surface area contributed by atoms with Crippen molar-refractivity contribution in [3.8, 4) is 33.8 Å². The lowest BCUT2D eigenvalue weighted by molar-refractivity contribution is 0.102. The molecule has 1 aromatic heterocycles. The fraction of sp³-hybridized carbons (Fsp3) is 0.120. The van der Waals surface area contributed by atoms with Crippen molar-refractivity contribution in [2.45, 2.75) is 6.92 Å². The maximum atomic E-state index is 14.2. The number of nitrogens with zero attached hydrogens (tertiary/aromatic N) is 1. The second kappa shape index (κ2) is 8.38. The van der Waals surface area contributed by atoms with Gasteiger partial charge in [0, 0.05) is 16.8 Å². The fourth-order valence-corrected chi connectivity index (χ4v) is 3.84. The monoisotopic (exact) mass is 447 g/mol. The van der Waals surface area contributed by atoms with Gasteiger partial charge >= 0.3 is 0 Å². The lowest BCUT2D eigenvalue weighted by atomic mass is 10.0. The SMILES string of the molecule is Cc1[nH]nc(NC(=O)c2cccc(-c3c(F)cccc3F)c2)c1-c1ccc2c(c1)OCCO2. The normalized spacial score (nSPS) is 12.5. The number of carbonyl (C=O) groups is 1. The van der Waals surface area contributed by atoms with Gasteiger partial charge in [-0.1, -0.05) is 24.3 Å². The third-order valence-corrected chi connectivity index (χ3v) is 5.39. The highest BCUT2D eigenvalue weighted by atomic mass is 19.1. The zero-order valence-electron chi connectivity index (χ0n) is 17.6. The first-order valence-corrected chi connectivity index (χ1v) is 10.3. The first-order valence-electron chi connectivity index (χ1n) is 10.3. The maximum Gasteiger partial charge on any atom is 0.256 e. The third-order valence-electron chi connectivity index (χ3n) is 5.39. The van der Waals surface area contributed by atoms with Crippen LogP contribution in [0, 0.1) is 18.6 Å². The summed E-state index contributed by atoms with van der Waals surface area (Å²) in [5.74, 6) is -0.242. The van der Waals surface area contributed by atoms with Crippen LogP contribution in [-0.2, 0) is 0 Å². The molecule has 6 nitrogen and oxygen atoms in total. The number of aromatic amines is 1. The molecule has 0 unspecified atom stereocenters. The van der Waals surface area contributed by atoms with Gasteiger partial charge in [-0.3, -0.25) is 9.89 Å². The number of nitrogens with one attached hydrogen (secondary N) is 2. The number of benzene rings is 3. The topological polar surface area (TPSA) is 76.2 Å². The quantitative estimate of drug-likeness (QED) is 0.442. The Balaban J connectivity index is 1.45. The van der Waals surface area contributed by atoms with E-state index in [-0.39, 0.29) is 16.7 Å². The highest BCUT2D eigenvalue weighted by molar-refractivity contribution is 6.06. The van der Waals surface area contributed by atoms with Crippen molar-refractivity contribution in [2.75, 3.05) is 18.5 Å². The van der Waals surface area contributed by atoms with Gasteiger partial charge in [0.15, 0.2) is 17.3 Å². The molecule has 5 rings (SSSR count). The summed E-state index contributed by atoms with van der Waals surface area (Å²) in [6.07, 6.45) is 0. The van der Waals surface area contributed by atoms with E-state index < -0.39 is 17.5 Å². The maximum absolute atomic E-state index is 14.2. The van der Waals surface area contributed by atoms with Gasteiger partial charge in [0.05, 0.1) is 5.56 Å². The first-order chi connectivity index (χ1) is 16.0. The van der Waals surface area contributed by atoms with E-state index in [0.717, 1.165) is 11.3 Å². The number of carbonyl (C=O) groups excluding carboxylic acids is 1. The van der Waals surface area contributed by atoms with E-state index in [2.05, 4.69) is 15.5 Å². The lowest BCUT2D eigenvalue weighted by Gasteiger charge is -2.19. The summed E-state index contributed by atoms with van der Waals surface area (Å²) in [4.78, 5) is 13.0. The number of amides is 1. The molecule has 166 valence electrons. The van der Waals surface area contributed by atoms with Crippen molar-refractivity contribution < 1.29 is 23.0 Å². The van der Waals surface area contributed by atoms with Crippen molar-refractivity contribution in [2.24, 2.45) is 0 Å². The third kappa shape index (κ3) is 3.91. The summed E-state index contributed by atoms with van der Waals surface area (Å²) >= 11 is 0. The van der Waals surface area contributed by atoms with Crippen molar-refractivity contribution in [3.05, 3.63) is 83.6 Å². The molecular formula is C25H19F2N3O3. The van der Waals surface area contributed by atoms with Crippen molar-refractivity contribution in [3.63, 3.8) is 0 Å². The van der Waals surface area contributed by atoms with Gasteiger partial charge in [-0.05, 0) is 54.4 Å². The molecule has 33 heavy (non-hydrogen) atoms. The number of anilines is 1. The number of ether oxygens (including phenoxy) is 2. The number of hydrogen-bond donors (Lipinski definition) is 2. The molecule has 2 N–H and O–H groups in total. The van der Waals surface area contributed by atoms with Crippen LogP contribution in [0.4, 0.5) is 14.6 Å². The summed E-state index contributed by atoms with van der Waals surface area (Å²) in [5.41, 5.74) is 2.58. The summed E-state index contributed by atoms with van der Waals surface area (Å²) < 4.78 is 39.6. The highest BCUT2D eigenvalue weighted by Crippen LogP contribution is 2.38. The van der Waals surface area contributed by atoms with Crippen LogP contribution in [0.3, 0.4) is 0 Å². The van der Waals surface area contributed by atoms with Crippen molar-refractivity contribution in [1.29, 1.82) is 0 Å². The standard InChI is InChI=1S/C25H19F2N3O3/c1-14-22(16-8-9-20-21(13-16)33-11-10-32-20)24(30-29-14)28-25(31)17-5-2-4-15(12-17)23-18(26)6-3-7-19(23)27/h2-9,12-13H,10-11H2,1H3,(H2,28,29,30,31). The number of aryl methyl sites for hydroxylation is 1. The molecule has 0 aliphatic carbocycles. The molecule has 0 radical (unpaired) electrons. The average molecular weight is 447 g/mol. The molecule has 0 spiro atoms. The van der Waals surface area contributed by atoms with Gasteiger partial charge in [-0.25, -0.2) is 8.78 Å². The number of fused-ring (bicyclic) bond motifs is 1. The van der Waals surface area contributed by atoms with Gasteiger partial charge in [0.2, 0.25) is 0 Å². The van der Waals surface area contributed by atoms with E-state index in [1.54, 1.807) is 18.2 Å². The van der Waals surface area contributed by atoms with Crippen LogP contribution in [0.5, 0.6) is 11.5 Å². The Morgan fingerprint density at radius 2 is 1.61 bits per heavy atom. The van der Waals surface area contributed by atoms with Gasteiger partial charge in [-0.15, -0.1) is 0 Å². The Labute approximate surface area is 188 Å². The summed E-state index contributed by atoms with van der Waals surface area (Å²) in [7, 11) is 0. The largest absolute Gasteiger partial charge is 0.486 e. The van der Waals surface area contributed by atoms with E-state index in [4.69, 9.17) is 9.47 Å². The molecule has 0 bridgehead atoms. The Morgan fingerprint density at radius 1 is 0.909 bits per heavy atom. The van der Waals surface area contributed by atoms with Crippen molar-refractivity contribution >= 4 is 11.7 Å². The number of halogens is 2. The van der Waals surface area contributed by atoms with Crippen LogP contribution in [0.2, 0.25) is 0 Å². The molecule has 1 aliphatic rings. The van der Waals surface area contributed by atoms with Crippen LogP contribution in [0.1, 0.15) is 16.1 Å². The van der Waals surface area contributed by atoms with Gasteiger partial charge < -0.3 is 14.8 Å². The highest BCUT2D eigenvalue weighted by Gasteiger charge is 2.20. The van der Waals surface area contributed by atoms with E-state index >= 15 is 0 Å². The number of H-pyrrole nitrogens is 1. The molecular weight excluding hydrogens is 428 g/mol. The molecule has 2 heterocycles. The molecule has 0 atom stereocenters. The first kappa shape index (κ1) is 20.7. The fourth-order valence-electron chi connectivity index (χ4n) is 3.84. The van der Waals surface area contributed by atoms with Crippen molar-refractivity contribution in [1.82, 2.24) is 10.2 Å². The van der Waals surface area contributed by atoms with Crippen LogP contribution in [0.25, 0.3) is 22.3 Å². The minimum absolute atomic E-state index is 0.181. The lowest BCUT2D eigenvalue weighted by Crippen LogP contribution is -2.15. The van der Waals surface area contributed by atoms with Crippen LogP contribution in [-0.4, -0.2) is 29.3 Å². The van der Waals surface area contributed by atoms with E-state index in [1.807, 2.05) is 25.1 Å². The summed E-state index contributed by atoms with van der Waals surface area (Å²) in [5, 5.41) is 9.91. The molecule has 0 saturated heterocycles. The molecule has 0 saturated carbocycles. The smallest absolute Gasteiger partial charge is 0.256 e. The van der Waals surface area contributed by atoms with Gasteiger partial charge in [0.25, 0.3) is 5.91 Å². The Hall–Kier alpha value is -4.20. The predicted molar refractivity (Wildman–Crippen MR) is 119 cm³/mol. The second-order valence-electron chi connectivity index (χ2n) is 7.56. The minimum Gasteiger partial charge on any atom is -0.486 e. The Morgan fingerprint density at radius 3 is 2.39 bits per heavy atom.